The molecule has 1 aromatic rings. The summed E-state index contributed by atoms with van der Waals surface area (Å²) in [6, 6.07) is 1.16. The minimum absolute atomic E-state index is 0.412. The lowest BCUT2D eigenvalue weighted by Crippen LogP contribution is -2.52. The topological polar surface area (TPSA) is 96.8 Å². The maximum absolute atomic E-state index is 12.4. The highest BCUT2D eigenvalue weighted by Gasteiger charge is 2.49. The number of carbonyl (C=O) groups excluding carboxylic acids is 1. The third-order valence-corrected chi connectivity index (χ3v) is 3.84. The van der Waals surface area contributed by atoms with Gasteiger partial charge in [-0.05, 0) is 39.7 Å². The summed E-state index contributed by atoms with van der Waals surface area (Å²) in [4.78, 5) is 27.5. The fourth-order valence-electron chi connectivity index (χ4n) is 2.85. The fourth-order valence-corrected chi connectivity index (χ4v) is 2.85. The largest absolute Gasteiger partial charge is 0.444 e. The van der Waals surface area contributed by atoms with E-state index in [0.29, 0.717) is 24.5 Å². The van der Waals surface area contributed by atoms with E-state index in [2.05, 4.69) is 15.4 Å². The molecule has 24 heavy (non-hydrogen) atoms. The zero-order chi connectivity index (χ0) is 17.4. The van der Waals surface area contributed by atoms with E-state index < -0.39 is 23.5 Å². The number of carbonyl (C=O) groups is 1. The zero-order valence-corrected chi connectivity index (χ0v) is 14.0. The van der Waals surface area contributed by atoms with Crippen LogP contribution in [0.2, 0.25) is 0 Å². The summed E-state index contributed by atoms with van der Waals surface area (Å²) in [6.07, 6.45) is 5.63. The van der Waals surface area contributed by atoms with Crippen molar-refractivity contribution < 1.29 is 19.5 Å². The van der Waals surface area contributed by atoms with Crippen molar-refractivity contribution in [3.8, 4) is 0 Å². The van der Waals surface area contributed by atoms with E-state index in [1.807, 2.05) is 20.8 Å². The fraction of sp³-hybridized carbons (Fsp3) is 0.562. The van der Waals surface area contributed by atoms with Crippen LogP contribution in [0.1, 0.15) is 39.4 Å². The van der Waals surface area contributed by atoms with Crippen LogP contribution in [0, 0.1) is 0 Å². The molecule has 0 bridgehead atoms. The molecule has 1 amide bonds. The van der Waals surface area contributed by atoms with E-state index >= 15 is 0 Å². The predicted molar refractivity (Wildman–Crippen MR) is 85.1 cm³/mol. The number of nitrogens with one attached hydrogen (secondary N) is 1. The first-order valence-electron chi connectivity index (χ1n) is 7.95. The van der Waals surface area contributed by atoms with Gasteiger partial charge in [0, 0.05) is 25.0 Å². The van der Waals surface area contributed by atoms with Gasteiger partial charge in [-0.2, -0.15) is 0 Å². The van der Waals surface area contributed by atoms with Crippen LogP contribution in [-0.2, 0) is 9.57 Å². The van der Waals surface area contributed by atoms with E-state index in [4.69, 9.17) is 9.57 Å². The molecule has 0 aliphatic carbocycles. The van der Waals surface area contributed by atoms with E-state index in [9.17, 15) is 9.90 Å². The lowest BCUT2D eigenvalue weighted by atomic mass is 10.0. The molecule has 2 N–H and O–H groups in total. The molecule has 8 nitrogen and oxygen atoms in total. The van der Waals surface area contributed by atoms with Crippen LogP contribution in [-0.4, -0.2) is 50.0 Å². The van der Waals surface area contributed by atoms with Crippen LogP contribution < -0.4 is 5.48 Å². The van der Waals surface area contributed by atoms with Crippen molar-refractivity contribution in [2.45, 2.75) is 51.0 Å². The normalized spacial score (nSPS) is 26.9. The van der Waals surface area contributed by atoms with Gasteiger partial charge in [-0.15, -0.1) is 0 Å². The quantitative estimate of drug-likeness (QED) is 0.844. The third-order valence-electron chi connectivity index (χ3n) is 3.84. The highest BCUT2D eigenvalue weighted by molar-refractivity contribution is 5.69. The van der Waals surface area contributed by atoms with Gasteiger partial charge in [-0.1, -0.05) is 0 Å². The van der Waals surface area contributed by atoms with Crippen LogP contribution >= 0.6 is 0 Å². The van der Waals surface area contributed by atoms with Gasteiger partial charge in [-0.25, -0.2) is 19.6 Å². The molecule has 2 aliphatic rings. The summed E-state index contributed by atoms with van der Waals surface area (Å²) >= 11 is 0. The Morgan fingerprint density at radius 1 is 1.46 bits per heavy atom. The number of amides is 1. The number of nitrogens with zero attached hydrogens (tertiary/aromatic N) is 3. The molecule has 1 fully saturated rings. The van der Waals surface area contributed by atoms with Gasteiger partial charge in [0.2, 0.25) is 5.79 Å². The molecule has 2 aliphatic heterocycles. The Kier molecular flexibility index (Phi) is 4.18. The monoisotopic (exact) mass is 334 g/mol. The lowest BCUT2D eigenvalue weighted by Gasteiger charge is -2.34. The average Bonchev–Trinajstić information content (AvgIpc) is 3.14. The number of hydroxylamine groups is 1. The molecule has 0 spiro atoms. The summed E-state index contributed by atoms with van der Waals surface area (Å²) in [5, 5.41) is 10.9. The average molecular weight is 334 g/mol. The van der Waals surface area contributed by atoms with Gasteiger partial charge in [-0.3, -0.25) is 10.4 Å². The van der Waals surface area contributed by atoms with Crippen molar-refractivity contribution in [2.24, 2.45) is 0 Å². The summed E-state index contributed by atoms with van der Waals surface area (Å²) in [5.41, 5.74) is 2.53. The first-order valence-corrected chi connectivity index (χ1v) is 7.95. The Morgan fingerprint density at radius 3 is 2.83 bits per heavy atom. The zero-order valence-electron chi connectivity index (χ0n) is 14.0. The maximum Gasteiger partial charge on any atom is 0.410 e. The molecular formula is C16H22N4O4. The molecule has 0 unspecified atom stereocenters. The Hall–Kier alpha value is -2.19. The van der Waals surface area contributed by atoms with Crippen molar-refractivity contribution in [1.82, 2.24) is 20.3 Å². The smallest absolute Gasteiger partial charge is 0.410 e. The highest BCUT2D eigenvalue weighted by atomic mass is 16.7. The minimum atomic E-state index is -1.65. The van der Waals surface area contributed by atoms with E-state index in [-0.39, 0.29) is 0 Å². The minimum Gasteiger partial charge on any atom is -0.444 e. The van der Waals surface area contributed by atoms with Gasteiger partial charge in [0.05, 0.1) is 6.04 Å². The van der Waals surface area contributed by atoms with Gasteiger partial charge < -0.3 is 9.84 Å². The maximum atomic E-state index is 12.4. The molecule has 3 rings (SSSR count). The van der Waals surface area contributed by atoms with Crippen molar-refractivity contribution in [1.29, 1.82) is 0 Å². The van der Waals surface area contributed by atoms with Crippen molar-refractivity contribution in [3.05, 3.63) is 30.4 Å². The van der Waals surface area contributed by atoms with Crippen molar-refractivity contribution in [2.75, 3.05) is 6.54 Å². The molecule has 1 saturated heterocycles. The molecule has 130 valence electrons. The van der Waals surface area contributed by atoms with Gasteiger partial charge in [0.15, 0.2) is 5.82 Å². The molecule has 8 heteroatoms. The standard InChI is InChI=1S/C16H22N4O4/c1-15(2,3)23-14(21)20-9-4-6-12(20)16(22)10-11(19-24-16)13-17-7-5-8-18-13/h5,7-8,10,12,19,22H,4,6,9H2,1-3H3/t12-,16-/m0/s1. The SMILES string of the molecule is CC(C)(C)OC(=O)N1CCC[C@H]1[C@]1(O)C=C(c2ncccn2)NO1. The number of ether oxygens (including phenoxy) is 1. The number of aliphatic hydroxyl groups is 1. The van der Waals surface area contributed by atoms with Crippen LogP contribution in [0.3, 0.4) is 0 Å². The second-order valence-electron chi connectivity index (χ2n) is 6.92. The van der Waals surface area contributed by atoms with Crippen molar-refractivity contribution in [3.63, 3.8) is 0 Å². The summed E-state index contributed by atoms with van der Waals surface area (Å²) in [7, 11) is 0. The summed E-state index contributed by atoms with van der Waals surface area (Å²) in [6.45, 7) is 5.94. The van der Waals surface area contributed by atoms with Crippen LogP contribution in [0.25, 0.3) is 5.70 Å². The van der Waals surface area contributed by atoms with Gasteiger partial charge in [0.1, 0.15) is 11.3 Å². The number of rotatable bonds is 2. The van der Waals surface area contributed by atoms with Gasteiger partial charge in [0.25, 0.3) is 0 Å². The summed E-state index contributed by atoms with van der Waals surface area (Å²) < 4.78 is 5.42. The second kappa shape index (κ2) is 6.03. The van der Waals surface area contributed by atoms with E-state index in [1.165, 1.54) is 11.0 Å². The Morgan fingerprint density at radius 2 is 2.17 bits per heavy atom. The van der Waals surface area contributed by atoms with Gasteiger partial charge >= 0.3 is 6.09 Å². The summed E-state index contributed by atoms with van der Waals surface area (Å²) in [5.74, 6) is -1.24. The van der Waals surface area contributed by atoms with Crippen LogP contribution in [0.15, 0.2) is 24.5 Å². The number of hydrogen-bond acceptors (Lipinski definition) is 7. The molecule has 1 aromatic heterocycles. The first kappa shape index (κ1) is 16.7. The number of hydrogen-bond donors (Lipinski definition) is 2. The molecular weight excluding hydrogens is 312 g/mol. The van der Waals surface area contributed by atoms with Crippen LogP contribution in [0.4, 0.5) is 4.79 Å². The Balaban J connectivity index is 1.80. The molecule has 0 saturated carbocycles. The molecule has 3 heterocycles. The Labute approximate surface area is 140 Å². The molecule has 0 radical (unpaired) electrons. The Bertz CT molecular complexity index is 643. The molecule has 2 atom stereocenters. The third kappa shape index (κ3) is 3.34. The van der Waals surface area contributed by atoms with Crippen molar-refractivity contribution >= 4 is 11.8 Å². The predicted octanol–water partition coefficient (Wildman–Crippen LogP) is 1.44. The molecule has 0 aromatic carbocycles. The highest BCUT2D eigenvalue weighted by Crippen LogP contribution is 2.34. The van der Waals surface area contributed by atoms with E-state index in [0.717, 1.165) is 6.42 Å². The first-order chi connectivity index (χ1) is 11.3. The van der Waals surface area contributed by atoms with E-state index in [1.54, 1.807) is 18.5 Å². The second-order valence-corrected chi connectivity index (χ2v) is 6.92. The lowest BCUT2D eigenvalue weighted by molar-refractivity contribution is -0.210. The number of likely N-dealkylation sites (tertiary alicyclic amines) is 1. The van der Waals surface area contributed by atoms with Crippen LogP contribution in [0.5, 0.6) is 0 Å². The number of aromatic nitrogens is 2.